The summed E-state index contributed by atoms with van der Waals surface area (Å²) in [6, 6.07) is 7.43. The van der Waals surface area contributed by atoms with Crippen LogP contribution in [-0.4, -0.2) is 71.2 Å². The fourth-order valence-electron chi connectivity index (χ4n) is 4.14. The molecule has 4 rings (SSSR count). The first kappa shape index (κ1) is 19.6. The molecule has 0 bridgehead atoms. The fourth-order valence-corrected chi connectivity index (χ4v) is 4.14. The molecule has 1 fully saturated rings. The van der Waals surface area contributed by atoms with Crippen molar-refractivity contribution in [1.82, 2.24) is 19.6 Å². The zero-order valence-corrected chi connectivity index (χ0v) is 17.3. The number of aromatic nitrogens is 2. The van der Waals surface area contributed by atoms with E-state index in [1.165, 1.54) is 0 Å². The van der Waals surface area contributed by atoms with Crippen molar-refractivity contribution in [1.29, 1.82) is 0 Å². The number of para-hydroxylation sites is 2. The highest BCUT2D eigenvalue weighted by Crippen LogP contribution is 2.39. The molecule has 0 atom stereocenters. The van der Waals surface area contributed by atoms with E-state index < -0.39 is 0 Å². The molecule has 2 amide bonds. The minimum Gasteiger partial charge on any atom is -0.319 e. The van der Waals surface area contributed by atoms with Crippen LogP contribution in [0.4, 0.5) is 17.1 Å². The molecule has 0 unspecified atom stereocenters. The number of carbonyl (C=O) groups is 2. The molecule has 2 aliphatic rings. The molecule has 8 heteroatoms. The van der Waals surface area contributed by atoms with Crippen molar-refractivity contribution < 1.29 is 9.59 Å². The van der Waals surface area contributed by atoms with Gasteiger partial charge in [-0.15, -0.1) is 0 Å². The summed E-state index contributed by atoms with van der Waals surface area (Å²) in [4.78, 5) is 32.6. The van der Waals surface area contributed by atoms with E-state index in [9.17, 15) is 9.59 Å². The molecule has 3 heterocycles. The van der Waals surface area contributed by atoms with Gasteiger partial charge in [0, 0.05) is 39.6 Å². The number of hydrogen-bond donors (Lipinski definition) is 1. The van der Waals surface area contributed by atoms with Crippen LogP contribution in [0.25, 0.3) is 0 Å². The lowest BCUT2D eigenvalue weighted by Crippen LogP contribution is -2.44. The molecule has 0 radical (unpaired) electrons. The summed E-state index contributed by atoms with van der Waals surface area (Å²) >= 11 is 0. The highest BCUT2D eigenvalue weighted by Gasteiger charge is 2.33. The fraction of sp³-hybridized carbons (Fsp3) is 0.476. The Morgan fingerprint density at radius 2 is 1.86 bits per heavy atom. The van der Waals surface area contributed by atoms with Crippen LogP contribution in [0.15, 0.2) is 24.3 Å². The van der Waals surface area contributed by atoms with Gasteiger partial charge in [-0.3, -0.25) is 19.2 Å². The van der Waals surface area contributed by atoms with Crippen molar-refractivity contribution >= 4 is 28.9 Å². The van der Waals surface area contributed by atoms with Gasteiger partial charge in [-0.25, -0.2) is 0 Å². The normalized spacial score (nSPS) is 17.5. The Labute approximate surface area is 171 Å². The van der Waals surface area contributed by atoms with Gasteiger partial charge in [-0.05, 0) is 39.1 Å². The number of anilines is 3. The van der Waals surface area contributed by atoms with Gasteiger partial charge in [0.2, 0.25) is 5.91 Å². The Hall–Kier alpha value is -2.71. The SMILES string of the molecule is Cc1nn(C)c2c1N(C(=O)CCCN1CCN(C)CC1)c1ccccc1NC2=O. The van der Waals surface area contributed by atoms with Crippen molar-refractivity contribution in [3.8, 4) is 0 Å². The van der Waals surface area contributed by atoms with Crippen LogP contribution in [0.5, 0.6) is 0 Å². The van der Waals surface area contributed by atoms with E-state index in [-0.39, 0.29) is 11.8 Å². The van der Waals surface area contributed by atoms with Gasteiger partial charge < -0.3 is 15.1 Å². The van der Waals surface area contributed by atoms with Crippen LogP contribution < -0.4 is 10.2 Å². The molecule has 1 aromatic carbocycles. The van der Waals surface area contributed by atoms with E-state index >= 15 is 0 Å². The third kappa shape index (κ3) is 3.77. The first-order chi connectivity index (χ1) is 14.0. The lowest BCUT2D eigenvalue weighted by Gasteiger charge is -2.32. The number of nitrogens with one attached hydrogen (secondary N) is 1. The second kappa shape index (κ2) is 7.96. The first-order valence-electron chi connectivity index (χ1n) is 10.1. The Balaban J connectivity index is 1.58. The average molecular weight is 396 g/mol. The standard InChI is InChI=1S/C21H28N6O2/c1-15-19-20(25(3)23-15)21(29)22-16-7-4-5-8-17(16)27(19)18(28)9-6-10-26-13-11-24(2)12-14-26/h4-5,7-8H,6,9-14H2,1-3H3,(H,22,29). The van der Waals surface area contributed by atoms with Gasteiger partial charge in [-0.1, -0.05) is 12.1 Å². The maximum Gasteiger partial charge on any atom is 0.276 e. The number of piperazine rings is 1. The molecule has 1 aromatic heterocycles. The molecule has 154 valence electrons. The van der Waals surface area contributed by atoms with Gasteiger partial charge in [-0.2, -0.15) is 5.10 Å². The van der Waals surface area contributed by atoms with Crippen LogP contribution in [0.1, 0.15) is 29.0 Å². The maximum atomic E-state index is 13.4. The highest BCUT2D eigenvalue weighted by molar-refractivity contribution is 6.17. The monoisotopic (exact) mass is 396 g/mol. The number of carbonyl (C=O) groups excluding carboxylic acids is 2. The van der Waals surface area contributed by atoms with Crippen LogP contribution >= 0.6 is 0 Å². The molecule has 0 saturated carbocycles. The number of hydrogen-bond acceptors (Lipinski definition) is 5. The third-order valence-electron chi connectivity index (χ3n) is 5.73. The van der Waals surface area contributed by atoms with E-state index in [0.29, 0.717) is 34.9 Å². The predicted octanol–water partition coefficient (Wildman–Crippen LogP) is 1.99. The van der Waals surface area contributed by atoms with Gasteiger partial charge in [0.15, 0.2) is 5.69 Å². The molecule has 2 aliphatic heterocycles. The summed E-state index contributed by atoms with van der Waals surface area (Å²) in [5.41, 5.74) is 2.99. The summed E-state index contributed by atoms with van der Waals surface area (Å²) in [5.74, 6) is -0.260. The second-order valence-corrected chi connectivity index (χ2v) is 7.86. The Morgan fingerprint density at radius 1 is 1.14 bits per heavy atom. The van der Waals surface area contributed by atoms with Crippen LogP contribution in [0.2, 0.25) is 0 Å². The minimum absolute atomic E-state index is 0.0135. The van der Waals surface area contributed by atoms with E-state index in [1.807, 2.05) is 31.2 Å². The summed E-state index contributed by atoms with van der Waals surface area (Å²) in [7, 11) is 3.87. The summed E-state index contributed by atoms with van der Waals surface area (Å²) in [6.45, 7) is 6.97. The number of nitrogens with zero attached hydrogens (tertiary/aromatic N) is 5. The molecule has 1 N–H and O–H groups in total. The van der Waals surface area contributed by atoms with Crippen molar-refractivity contribution in [2.24, 2.45) is 7.05 Å². The van der Waals surface area contributed by atoms with Crippen LogP contribution in [0.3, 0.4) is 0 Å². The first-order valence-corrected chi connectivity index (χ1v) is 10.1. The zero-order chi connectivity index (χ0) is 20.5. The van der Waals surface area contributed by atoms with Gasteiger partial charge in [0.1, 0.15) is 5.69 Å². The second-order valence-electron chi connectivity index (χ2n) is 7.86. The van der Waals surface area contributed by atoms with Gasteiger partial charge in [0.25, 0.3) is 5.91 Å². The largest absolute Gasteiger partial charge is 0.319 e. The third-order valence-corrected chi connectivity index (χ3v) is 5.73. The zero-order valence-electron chi connectivity index (χ0n) is 17.3. The molecule has 29 heavy (non-hydrogen) atoms. The molecule has 0 spiro atoms. The van der Waals surface area contributed by atoms with E-state index in [4.69, 9.17) is 0 Å². The lowest BCUT2D eigenvalue weighted by atomic mass is 10.1. The van der Waals surface area contributed by atoms with Crippen molar-refractivity contribution in [2.45, 2.75) is 19.8 Å². The van der Waals surface area contributed by atoms with Gasteiger partial charge in [0.05, 0.1) is 17.1 Å². The van der Waals surface area contributed by atoms with E-state index in [1.54, 1.807) is 16.6 Å². The Bertz CT molecular complexity index is 929. The summed E-state index contributed by atoms with van der Waals surface area (Å²) in [6.07, 6.45) is 1.21. The number of fused-ring (bicyclic) bond motifs is 2. The molecule has 8 nitrogen and oxygen atoms in total. The minimum atomic E-state index is -0.247. The topological polar surface area (TPSA) is 73.7 Å². The lowest BCUT2D eigenvalue weighted by molar-refractivity contribution is -0.118. The number of aryl methyl sites for hydroxylation is 2. The van der Waals surface area contributed by atoms with E-state index in [0.717, 1.165) is 39.1 Å². The Morgan fingerprint density at radius 3 is 2.62 bits per heavy atom. The van der Waals surface area contributed by atoms with Crippen molar-refractivity contribution in [2.75, 3.05) is 50.0 Å². The van der Waals surface area contributed by atoms with Gasteiger partial charge >= 0.3 is 0 Å². The number of likely N-dealkylation sites (N-methyl/N-ethyl adjacent to an activating group) is 1. The smallest absolute Gasteiger partial charge is 0.276 e. The quantitative estimate of drug-likeness (QED) is 0.856. The van der Waals surface area contributed by atoms with Crippen molar-refractivity contribution in [3.05, 3.63) is 35.7 Å². The number of amides is 2. The maximum absolute atomic E-state index is 13.4. The number of rotatable bonds is 4. The highest BCUT2D eigenvalue weighted by atomic mass is 16.2. The number of benzene rings is 1. The van der Waals surface area contributed by atoms with Crippen molar-refractivity contribution in [3.63, 3.8) is 0 Å². The predicted molar refractivity (Wildman–Crippen MR) is 113 cm³/mol. The van der Waals surface area contributed by atoms with Crippen LogP contribution in [0, 0.1) is 6.92 Å². The summed E-state index contributed by atoms with van der Waals surface area (Å²) < 4.78 is 1.55. The molecular formula is C21H28N6O2. The molecule has 2 aromatic rings. The Kier molecular flexibility index (Phi) is 5.38. The molecular weight excluding hydrogens is 368 g/mol. The average Bonchev–Trinajstić information content (AvgIpc) is 2.90. The van der Waals surface area contributed by atoms with Crippen LogP contribution in [-0.2, 0) is 11.8 Å². The van der Waals surface area contributed by atoms with E-state index in [2.05, 4.69) is 27.3 Å². The molecule has 1 saturated heterocycles. The molecule has 0 aliphatic carbocycles. The summed E-state index contributed by atoms with van der Waals surface area (Å²) in [5, 5.41) is 7.32.